The van der Waals surface area contributed by atoms with Gasteiger partial charge in [-0.25, -0.2) is 13.5 Å². The van der Waals surface area contributed by atoms with Crippen LogP contribution in [-0.4, -0.2) is 64.3 Å². The summed E-state index contributed by atoms with van der Waals surface area (Å²) < 4.78 is 36.1. The SMILES string of the molecule is COC(=S)NCc1cn(-c2cc(F)c(N3CCN(C(=O)c4cccc(N)c4)CC3)c(F)c2)nn1. The van der Waals surface area contributed by atoms with E-state index in [9.17, 15) is 13.6 Å². The molecule has 0 aliphatic carbocycles. The molecule has 1 fully saturated rings. The number of nitrogen functional groups attached to an aromatic ring is 1. The average Bonchev–Trinajstić information content (AvgIpc) is 3.31. The number of aromatic nitrogens is 3. The van der Waals surface area contributed by atoms with E-state index in [2.05, 4.69) is 15.6 Å². The van der Waals surface area contributed by atoms with Crippen LogP contribution in [0.1, 0.15) is 16.1 Å². The maximum Gasteiger partial charge on any atom is 0.256 e. The van der Waals surface area contributed by atoms with E-state index in [1.54, 1.807) is 40.3 Å². The third-order valence-corrected chi connectivity index (χ3v) is 5.73. The number of halogens is 2. The molecule has 1 aliphatic heterocycles. The third kappa shape index (κ3) is 5.06. The van der Waals surface area contributed by atoms with Gasteiger partial charge in [0.2, 0.25) is 0 Å². The largest absolute Gasteiger partial charge is 0.474 e. The summed E-state index contributed by atoms with van der Waals surface area (Å²) in [6.07, 6.45) is 1.54. The molecule has 2 heterocycles. The molecule has 9 nitrogen and oxygen atoms in total. The molecular weight excluding hydrogens is 464 g/mol. The average molecular weight is 488 g/mol. The van der Waals surface area contributed by atoms with Crippen molar-refractivity contribution < 1.29 is 18.3 Å². The number of piperazine rings is 1. The Morgan fingerprint density at radius 1 is 1.18 bits per heavy atom. The van der Waals surface area contributed by atoms with Crippen LogP contribution >= 0.6 is 12.2 Å². The Morgan fingerprint density at radius 3 is 2.53 bits per heavy atom. The molecular formula is C22H23F2N7O2S. The minimum atomic E-state index is -0.721. The van der Waals surface area contributed by atoms with E-state index in [1.807, 2.05) is 0 Å². The Morgan fingerprint density at radius 2 is 1.88 bits per heavy atom. The van der Waals surface area contributed by atoms with Crippen molar-refractivity contribution >= 4 is 34.7 Å². The Kier molecular flexibility index (Phi) is 6.87. The van der Waals surface area contributed by atoms with Crippen molar-refractivity contribution in [2.45, 2.75) is 6.54 Å². The highest BCUT2D eigenvalue weighted by Crippen LogP contribution is 2.27. The smallest absolute Gasteiger partial charge is 0.256 e. The fourth-order valence-electron chi connectivity index (χ4n) is 3.71. The molecule has 0 spiro atoms. The fourth-order valence-corrected chi connectivity index (χ4v) is 3.79. The highest BCUT2D eigenvalue weighted by molar-refractivity contribution is 7.80. The quantitative estimate of drug-likeness (QED) is 0.417. The van der Waals surface area contributed by atoms with Gasteiger partial charge < -0.3 is 25.6 Å². The fraction of sp³-hybridized carbons (Fsp3) is 0.273. The van der Waals surface area contributed by atoms with Crippen molar-refractivity contribution in [3.8, 4) is 5.69 Å². The molecule has 0 unspecified atom stereocenters. The predicted molar refractivity (Wildman–Crippen MR) is 127 cm³/mol. The summed E-state index contributed by atoms with van der Waals surface area (Å²) in [5.41, 5.74) is 7.33. The maximum absolute atomic E-state index is 15.0. The van der Waals surface area contributed by atoms with E-state index < -0.39 is 11.6 Å². The van der Waals surface area contributed by atoms with Crippen molar-refractivity contribution in [3.05, 3.63) is 65.5 Å². The molecule has 1 aromatic heterocycles. The summed E-state index contributed by atoms with van der Waals surface area (Å²) >= 11 is 4.90. The molecule has 1 saturated heterocycles. The van der Waals surface area contributed by atoms with Gasteiger partial charge in [0.25, 0.3) is 11.1 Å². The zero-order chi connectivity index (χ0) is 24.2. The summed E-state index contributed by atoms with van der Waals surface area (Å²) in [5, 5.41) is 10.9. The second kappa shape index (κ2) is 10.00. The number of hydrogen-bond donors (Lipinski definition) is 2. The van der Waals surface area contributed by atoms with Crippen molar-refractivity contribution in [2.24, 2.45) is 0 Å². The number of nitrogens with two attached hydrogens (primary N) is 1. The number of thiocarbonyl (C=S) groups is 1. The van der Waals surface area contributed by atoms with E-state index >= 15 is 0 Å². The van der Waals surface area contributed by atoms with Gasteiger partial charge in [-0.1, -0.05) is 11.3 Å². The topological polar surface area (TPSA) is 102 Å². The van der Waals surface area contributed by atoms with Gasteiger partial charge >= 0.3 is 0 Å². The number of nitrogens with zero attached hydrogens (tertiary/aromatic N) is 5. The number of carbonyl (C=O) groups is 1. The molecule has 34 heavy (non-hydrogen) atoms. The van der Waals surface area contributed by atoms with Gasteiger partial charge in [0.05, 0.1) is 25.5 Å². The van der Waals surface area contributed by atoms with Crippen molar-refractivity contribution in [1.82, 2.24) is 25.2 Å². The number of ether oxygens (including phenoxy) is 1. The molecule has 1 aliphatic rings. The first-order valence-electron chi connectivity index (χ1n) is 10.5. The van der Waals surface area contributed by atoms with E-state index in [-0.39, 0.29) is 29.0 Å². The lowest BCUT2D eigenvalue weighted by Crippen LogP contribution is -2.49. The molecule has 0 atom stereocenters. The number of hydrogen-bond acceptors (Lipinski definition) is 7. The number of nitrogens with one attached hydrogen (secondary N) is 1. The Balaban J connectivity index is 1.43. The van der Waals surface area contributed by atoms with Crippen LogP contribution in [0.5, 0.6) is 0 Å². The van der Waals surface area contributed by atoms with Crippen LogP contribution < -0.4 is 16.0 Å². The van der Waals surface area contributed by atoms with Gasteiger partial charge in [-0.2, -0.15) is 0 Å². The molecule has 3 N–H and O–H groups in total. The van der Waals surface area contributed by atoms with Crippen LogP contribution in [0.25, 0.3) is 5.69 Å². The van der Waals surface area contributed by atoms with Crippen LogP contribution in [0.15, 0.2) is 42.6 Å². The van der Waals surface area contributed by atoms with Crippen LogP contribution in [0.4, 0.5) is 20.2 Å². The summed E-state index contributed by atoms with van der Waals surface area (Å²) in [6, 6.07) is 9.14. The molecule has 0 saturated carbocycles. The first kappa shape index (κ1) is 23.4. The lowest BCUT2D eigenvalue weighted by Gasteiger charge is -2.36. The lowest BCUT2D eigenvalue weighted by molar-refractivity contribution is 0.0746. The van der Waals surface area contributed by atoms with Crippen molar-refractivity contribution in [1.29, 1.82) is 0 Å². The van der Waals surface area contributed by atoms with Gasteiger partial charge in [0.15, 0.2) is 11.6 Å². The zero-order valence-electron chi connectivity index (χ0n) is 18.4. The van der Waals surface area contributed by atoms with Crippen molar-refractivity contribution in [3.63, 3.8) is 0 Å². The first-order chi connectivity index (χ1) is 16.4. The molecule has 1 amide bonds. The Bertz CT molecular complexity index is 1190. The number of benzene rings is 2. The number of methoxy groups -OCH3 is 1. The van der Waals surface area contributed by atoms with E-state index in [1.165, 1.54) is 23.9 Å². The molecule has 12 heteroatoms. The summed E-state index contributed by atoms with van der Waals surface area (Å²) in [7, 11) is 1.44. The standard InChI is InChI=1S/C22H23F2N7O2S/c1-33-22(34)26-12-16-13-31(28-27-16)17-10-18(23)20(19(24)11-17)29-5-7-30(8-6-29)21(32)14-3-2-4-15(25)9-14/h2-4,9-11,13H,5-8,12,25H2,1H3,(H,26,34). The van der Waals surface area contributed by atoms with Gasteiger partial charge in [-0.3, -0.25) is 4.79 Å². The minimum absolute atomic E-state index is 0.132. The minimum Gasteiger partial charge on any atom is -0.474 e. The predicted octanol–water partition coefficient (Wildman–Crippen LogP) is 2.11. The maximum atomic E-state index is 15.0. The zero-order valence-corrected chi connectivity index (χ0v) is 19.2. The van der Waals surface area contributed by atoms with Gasteiger partial charge in [-0.15, -0.1) is 5.10 Å². The molecule has 0 radical (unpaired) electrons. The van der Waals surface area contributed by atoms with Crippen LogP contribution in [0.2, 0.25) is 0 Å². The second-order valence-corrected chi connectivity index (χ2v) is 8.03. The summed E-state index contributed by atoms with van der Waals surface area (Å²) in [6.45, 7) is 1.50. The van der Waals surface area contributed by atoms with E-state index in [4.69, 9.17) is 22.7 Å². The summed E-state index contributed by atoms with van der Waals surface area (Å²) in [4.78, 5) is 15.9. The number of rotatable bonds is 5. The van der Waals surface area contributed by atoms with Crippen LogP contribution in [0, 0.1) is 11.6 Å². The van der Waals surface area contributed by atoms with Gasteiger partial charge in [0, 0.05) is 49.6 Å². The normalized spacial score (nSPS) is 13.6. The Labute approximate surface area is 200 Å². The third-order valence-electron chi connectivity index (χ3n) is 5.42. The monoisotopic (exact) mass is 487 g/mol. The van der Waals surface area contributed by atoms with Crippen LogP contribution in [0.3, 0.4) is 0 Å². The van der Waals surface area contributed by atoms with Crippen LogP contribution in [-0.2, 0) is 11.3 Å². The first-order valence-corrected chi connectivity index (χ1v) is 10.9. The molecule has 2 aromatic carbocycles. The van der Waals surface area contributed by atoms with Gasteiger partial charge in [-0.05, 0) is 30.4 Å². The number of anilines is 2. The lowest BCUT2D eigenvalue weighted by atomic mass is 10.1. The summed E-state index contributed by atoms with van der Waals surface area (Å²) in [5.74, 6) is -1.60. The van der Waals surface area contributed by atoms with E-state index in [0.717, 1.165) is 0 Å². The van der Waals surface area contributed by atoms with Gasteiger partial charge in [0.1, 0.15) is 11.4 Å². The highest BCUT2D eigenvalue weighted by atomic mass is 32.1. The number of amides is 1. The second-order valence-electron chi connectivity index (χ2n) is 7.66. The number of carbonyl (C=O) groups excluding carboxylic acids is 1. The molecule has 0 bridgehead atoms. The Hall–Kier alpha value is -3.80. The molecule has 4 rings (SSSR count). The molecule has 178 valence electrons. The molecule has 3 aromatic rings. The highest BCUT2D eigenvalue weighted by Gasteiger charge is 2.26. The van der Waals surface area contributed by atoms with E-state index in [0.29, 0.717) is 43.1 Å². The van der Waals surface area contributed by atoms with Crippen molar-refractivity contribution in [2.75, 3.05) is 43.9 Å².